The molecule has 1 N–H and O–H groups in total. The summed E-state index contributed by atoms with van der Waals surface area (Å²) in [7, 11) is 0. The van der Waals surface area contributed by atoms with Crippen LogP contribution in [0.5, 0.6) is 0 Å². The molecule has 1 amide bonds. The summed E-state index contributed by atoms with van der Waals surface area (Å²) in [5.41, 5.74) is 0.601. The number of amides is 1. The van der Waals surface area contributed by atoms with Crippen LogP contribution in [0.1, 0.15) is 44.9 Å². The van der Waals surface area contributed by atoms with E-state index in [4.69, 9.17) is 0 Å². The van der Waals surface area contributed by atoms with Crippen molar-refractivity contribution in [3.63, 3.8) is 0 Å². The summed E-state index contributed by atoms with van der Waals surface area (Å²) in [6, 6.07) is 5.21. The van der Waals surface area contributed by atoms with E-state index in [-0.39, 0.29) is 17.6 Å². The maximum atomic E-state index is 14.4. The lowest BCUT2D eigenvalue weighted by Gasteiger charge is -2.34. The maximum absolute atomic E-state index is 14.4. The molecule has 1 unspecified atom stereocenters. The molecular weight excluding hydrogens is 331 g/mol. The SMILES string of the molecule is O=C(NC1CCCCC1)C1CCCN(c2ncnc3cccc(F)c23)C1. The minimum atomic E-state index is -0.313. The number of benzene rings is 1. The molecule has 6 heteroatoms. The molecule has 2 fully saturated rings. The molecule has 1 atom stereocenters. The molecule has 4 rings (SSSR count). The van der Waals surface area contributed by atoms with Gasteiger partial charge in [0.15, 0.2) is 0 Å². The normalized spacial score (nSPS) is 21.7. The summed E-state index contributed by atoms with van der Waals surface area (Å²) >= 11 is 0. The first-order valence-electron chi connectivity index (χ1n) is 9.67. The average Bonchev–Trinajstić information content (AvgIpc) is 2.69. The molecule has 1 saturated carbocycles. The van der Waals surface area contributed by atoms with Crippen molar-refractivity contribution in [1.82, 2.24) is 15.3 Å². The Balaban J connectivity index is 1.51. The molecule has 0 spiro atoms. The topological polar surface area (TPSA) is 58.1 Å². The van der Waals surface area contributed by atoms with E-state index < -0.39 is 0 Å². The number of carbonyl (C=O) groups is 1. The number of aromatic nitrogens is 2. The van der Waals surface area contributed by atoms with Crippen molar-refractivity contribution in [3.05, 3.63) is 30.3 Å². The number of hydrogen-bond donors (Lipinski definition) is 1. The van der Waals surface area contributed by atoms with Gasteiger partial charge in [-0.15, -0.1) is 0 Å². The predicted molar refractivity (Wildman–Crippen MR) is 99.4 cm³/mol. The van der Waals surface area contributed by atoms with E-state index in [0.717, 1.165) is 32.2 Å². The van der Waals surface area contributed by atoms with Crippen molar-refractivity contribution in [2.75, 3.05) is 18.0 Å². The van der Waals surface area contributed by atoms with E-state index in [1.807, 2.05) is 4.90 Å². The van der Waals surface area contributed by atoms with Gasteiger partial charge in [-0.05, 0) is 37.8 Å². The molecule has 0 bridgehead atoms. The highest BCUT2D eigenvalue weighted by Crippen LogP contribution is 2.29. The number of nitrogens with zero attached hydrogens (tertiary/aromatic N) is 3. The minimum absolute atomic E-state index is 0.0672. The zero-order valence-corrected chi connectivity index (χ0v) is 15.0. The van der Waals surface area contributed by atoms with Gasteiger partial charge in [-0.3, -0.25) is 4.79 Å². The van der Waals surface area contributed by atoms with Gasteiger partial charge in [0.25, 0.3) is 0 Å². The van der Waals surface area contributed by atoms with Crippen molar-refractivity contribution < 1.29 is 9.18 Å². The molecule has 1 saturated heterocycles. The molecule has 2 heterocycles. The van der Waals surface area contributed by atoms with Crippen LogP contribution < -0.4 is 10.2 Å². The first-order chi connectivity index (χ1) is 12.7. The van der Waals surface area contributed by atoms with E-state index >= 15 is 0 Å². The van der Waals surface area contributed by atoms with Crippen LogP contribution >= 0.6 is 0 Å². The standard InChI is InChI=1S/C20H25FN4O/c21-16-9-4-10-17-18(16)19(23-13-22-17)25-11-5-6-14(12-25)20(26)24-15-7-2-1-3-8-15/h4,9-10,13-15H,1-3,5-8,11-12H2,(H,24,26). The van der Waals surface area contributed by atoms with Gasteiger partial charge in [0.05, 0.1) is 16.8 Å². The zero-order valence-electron chi connectivity index (χ0n) is 15.0. The Labute approximate surface area is 153 Å². The molecule has 1 aromatic carbocycles. The monoisotopic (exact) mass is 356 g/mol. The van der Waals surface area contributed by atoms with Crippen molar-refractivity contribution in [2.24, 2.45) is 5.92 Å². The van der Waals surface area contributed by atoms with Crippen molar-refractivity contribution in [2.45, 2.75) is 51.0 Å². The summed E-state index contributed by atoms with van der Waals surface area (Å²) in [5.74, 6) is 0.359. The first kappa shape index (κ1) is 17.2. The Kier molecular flexibility index (Phi) is 5.00. The second-order valence-electron chi connectivity index (χ2n) is 7.46. The summed E-state index contributed by atoms with van der Waals surface area (Å²) < 4.78 is 14.4. The molecule has 2 aliphatic rings. The highest BCUT2D eigenvalue weighted by Gasteiger charge is 2.29. The fourth-order valence-corrected chi connectivity index (χ4v) is 4.24. The number of anilines is 1. The van der Waals surface area contributed by atoms with E-state index in [9.17, 15) is 9.18 Å². The maximum Gasteiger partial charge on any atom is 0.225 e. The Hall–Kier alpha value is -2.24. The number of rotatable bonds is 3. The Morgan fingerprint density at radius 2 is 1.96 bits per heavy atom. The molecular formula is C20H25FN4O. The van der Waals surface area contributed by atoms with Crippen molar-refractivity contribution >= 4 is 22.6 Å². The molecule has 26 heavy (non-hydrogen) atoms. The summed E-state index contributed by atoms with van der Waals surface area (Å²) in [6.45, 7) is 1.37. The van der Waals surface area contributed by atoms with Gasteiger partial charge in [0.2, 0.25) is 5.91 Å². The van der Waals surface area contributed by atoms with Gasteiger partial charge in [-0.2, -0.15) is 0 Å². The van der Waals surface area contributed by atoms with Crippen LogP contribution in [0.4, 0.5) is 10.2 Å². The molecule has 1 aromatic heterocycles. The van der Waals surface area contributed by atoms with E-state index in [1.54, 1.807) is 12.1 Å². The van der Waals surface area contributed by atoms with Gasteiger partial charge < -0.3 is 10.2 Å². The van der Waals surface area contributed by atoms with Gasteiger partial charge >= 0.3 is 0 Å². The van der Waals surface area contributed by atoms with Crippen LogP contribution in [0.3, 0.4) is 0 Å². The highest BCUT2D eigenvalue weighted by molar-refractivity contribution is 5.90. The largest absolute Gasteiger partial charge is 0.355 e. The van der Waals surface area contributed by atoms with Crippen LogP contribution in [0.25, 0.3) is 10.9 Å². The van der Waals surface area contributed by atoms with Crippen LogP contribution in [-0.2, 0) is 4.79 Å². The molecule has 1 aliphatic carbocycles. The van der Waals surface area contributed by atoms with E-state index in [1.165, 1.54) is 31.7 Å². The van der Waals surface area contributed by atoms with Crippen molar-refractivity contribution in [1.29, 1.82) is 0 Å². The fourth-order valence-electron chi connectivity index (χ4n) is 4.24. The number of hydrogen-bond acceptors (Lipinski definition) is 4. The highest BCUT2D eigenvalue weighted by atomic mass is 19.1. The van der Waals surface area contributed by atoms with Crippen LogP contribution in [0.2, 0.25) is 0 Å². The summed E-state index contributed by atoms with van der Waals surface area (Å²) in [6.07, 6.45) is 9.11. The van der Waals surface area contributed by atoms with Crippen LogP contribution in [-0.4, -0.2) is 35.0 Å². The number of halogens is 1. The van der Waals surface area contributed by atoms with Crippen LogP contribution in [0, 0.1) is 11.7 Å². The minimum Gasteiger partial charge on any atom is -0.355 e. The molecule has 5 nitrogen and oxygen atoms in total. The van der Waals surface area contributed by atoms with E-state index in [0.29, 0.717) is 29.3 Å². The Morgan fingerprint density at radius 3 is 2.81 bits per heavy atom. The molecule has 0 radical (unpaired) electrons. The lowest BCUT2D eigenvalue weighted by atomic mass is 9.93. The number of carbonyl (C=O) groups excluding carboxylic acids is 1. The third-order valence-corrected chi connectivity index (χ3v) is 5.64. The molecule has 138 valence electrons. The second-order valence-corrected chi connectivity index (χ2v) is 7.46. The number of nitrogens with one attached hydrogen (secondary N) is 1. The summed E-state index contributed by atoms with van der Waals surface area (Å²) in [5, 5.41) is 3.68. The third-order valence-electron chi connectivity index (χ3n) is 5.64. The second kappa shape index (κ2) is 7.56. The first-order valence-corrected chi connectivity index (χ1v) is 9.67. The zero-order chi connectivity index (χ0) is 17.9. The lowest BCUT2D eigenvalue weighted by molar-refractivity contribution is -0.126. The van der Waals surface area contributed by atoms with Crippen LogP contribution in [0.15, 0.2) is 24.5 Å². The molecule has 1 aliphatic heterocycles. The van der Waals surface area contributed by atoms with Gasteiger partial charge in [-0.25, -0.2) is 14.4 Å². The van der Waals surface area contributed by atoms with Crippen molar-refractivity contribution in [3.8, 4) is 0 Å². The van der Waals surface area contributed by atoms with Gasteiger partial charge in [0, 0.05) is 19.1 Å². The summed E-state index contributed by atoms with van der Waals surface area (Å²) in [4.78, 5) is 23.3. The quantitative estimate of drug-likeness (QED) is 0.915. The average molecular weight is 356 g/mol. The molecule has 2 aromatic rings. The predicted octanol–water partition coefficient (Wildman–Crippen LogP) is 3.43. The number of fused-ring (bicyclic) bond motifs is 1. The lowest BCUT2D eigenvalue weighted by Crippen LogP contribution is -2.46. The van der Waals surface area contributed by atoms with E-state index in [2.05, 4.69) is 15.3 Å². The third kappa shape index (κ3) is 3.50. The smallest absolute Gasteiger partial charge is 0.225 e. The van der Waals surface area contributed by atoms with Gasteiger partial charge in [-0.1, -0.05) is 25.3 Å². The van der Waals surface area contributed by atoms with Gasteiger partial charge in [0.1, 0.15) is 18.0 Å². The Morgan fingerprint density at radius 1 is 1.12 bits per heavy atom. The fraction of sp³-hybridized carbons (Fsp3) is 0.550. The number of piperidine rings is 1. The Bertz CT molecular complexity index is 785.